The van der Waals surface area contributed by atoms with E-state index >= 15 is 0 Å². The summed E-state index contributed by atoms with van der Waals surface area (Å²) in [6.45, 7) is 2.61. The van der Waals surface area contributed by atoms with E-state index in [1.165, 1.54) is 5.56 Å². The van der Waals surface area contributed by atoms with Gasteiger partial charge in [0.25, 0.3) is 0 Å². The molecular weight excluding hydrogens is 252 g/mol. The average molecular weight is 270 g/mol. The van der Waals surface area contributed by atoms with E-state index in [1.54, 1.807) is 6.20 Å². The van der Waals surface area contributed by atoms with Gasteiger partial charge < -0.3 is 15.8 Å². The summed E-state index contributed by atoms with van der Waals surface area (Å²) in [7, 11) is 1.93. The number of amidine groups is 1. The number of hydrogen-bond donors (Lipinski definition) is 2. The van der Waals surface area contributed by atoms with Crippen LogP contribution in [0.1, 0.15) is 16.7 Å². The van der Waals surface area contributed by atoms with Crippen LogP contribution in [-0.4, -0.2) is 23.1 Å². The van der Waals surface area contributed by atoms with Crippen LogP contribution in [0, 0.1) is 6.92 Å². The molecule has 20 heavy (non-hydrogen) atoms. The van der Waals surface area contributed by atoms with Gasteiger partial charge in [-0.25, -0.2) is 4.98 Å². The summed E-state index contributed by atoms with van der Waals surface area (Å²) in [5, 5.41) is 12.0. The second-order valence-electron chi connectivity index (χ2n) is 4.65. The molecule has 2 aromatic rings. The maximum absolute atomic E-state index is 8.93. The fraction of sp³-hybridized carbons (Fsp3) is 0.200. The van der Waals surface area contributed by atoms with Gasteiger partial charge in [0.05, 0.1) is 5.56 Å². The number of benzene rings is 1. The van der Waals surface area contributed by atoms with Crippen molar-refractivity contribution < 1.29 is 5.21 Å². The quantitative estimate of drug-likeness (QED) is 0.386. The largest absolute Gasteiger partial charge is 0.409 e. The van der Waals surface area contributed by atoms with Gasteiger partial charge in [-0.2, -0.15) is 0 Å². The van der Waals surface area contributed by atoms with E-state index in [0.717, 1.165) is 5.56 Å². The first-order valence-corrected chi connectivity index (χ1v) is 6.32. The first-order chi connectivity index (χ1) is 9.63. The predicted molar refractivity (Wildman–Crippen MR) is 80.0 cm³/mol. The molecule has 1 aromatic heterocycles. The lowest BCUT2D eigenvalue weighted by Gasteiger charge is -2.21. The number of pyridine rings is 1. The highest BCUT2D eigenvalue weighted by molar-refractivity contribution is 6.02. The van der Waals surface area contributed by atoms with Crippen molar-refractivity contribution in [2.45, 2.75) is 13.5 Å². The number of aryl methyl sites for hydroxylation is 1. The van der Waals surface area contributed by atoms with E-state index < -0.39 is 0 Å². The third-order valence-corrected chi connectivity index (χ3v) is 3.13. The summed E-state index contributed by atoms with van der Waals surface area (Å²) < 4.78 is 0. The van der Waals surface area contributed by atoms with Crippen molar-refractivity contribution in [2.24, 2.45) is 10.9 Å². The zero-order valence-corrected chi connectivity index (χ0v) is 11.6. The van der Waals surface area contributed by atoms with Crippen LogP contribution >= 0.6 is 0 Å². The highest BCUT2D eigenvalue weighted by Crippen LogP contribution is 2.21. The Morgan fingerprint density at radius 3 is 2.65 bits per heavy atom. The number of aromatic nitrogens is 1. The van der Waals surface area contributed by atoms with Gasteiger partial charge in [0.2, 0.25) is 0 Å². The molecule has 1 heterocycles. The lowest BCUT2D eigenvalue weighted by Crippen LogP contribution is -2.24. The molecule has 3 N–H and O–H groups in total. The lowest BCUT2D eigenvalue weighted by atomic mass is 10.1. The number of nitrogens with two attached hydrogens (primary N) is 1. The summed E-state index contributed by atoms with van der Waals surface area (Å²) in [5.41, 5.74) is 8.51. The molecular formula is C15H18N4O. The van der Waals surface area contributed by atoms with Gasteiger partial charge in [0.1, 0.15) is 5.82 Å². The molecule has 0 spiro atoms. The molecule has 0 saturated heterocycles. The van der Waals surface area contributed by atoms with Gasteiger partial charge >= 0.3 is 0 Å². The molecule has 0 fully saturated rings. The minimum absolute atomic E-state index is 0.0745. The number of rotatable bonds is 4. The zero-order valence-electron chi connectivity index (χ0n) is 11.6. The van der Waals surface area contributed by atoms with E-state index in [4.69, 9.17) is 10.9 Å². The van der Waals surface area contributed by atoms with E-state index in [9.17, 15) is 0 Å². The molecule has 0 aliphatic heterocycles. The molecule has 0 amide bonds. The van der Waals surface area contributed by atoms with Crippen molar-refractivity contribution in [3.8, 4) is 0 Å². The predicted octanol–water partition coefficient (Wildman–Crippen LogP) is 2.12. The fourth-order valence-electron chi connectivity index (χ4n) is 2.13. The Bertz CT molecular complexity index is 611. The number of hydrogen-bond acceptors (Lipinski definition) is 4. The van der Waals surface area contributed by atoms with Gasteiger partial charge in [-0.05, 0) is 24.1 Å². The third kappa shape index (κ3) is 2.88. The summed E-state index contributed by atoms with van der Waals surface area (Å²) in [5.74, 6) is 0.773. The Kier molecular flexibility index (Phi) is 4.20. The van der Waals surface area contributed by atoms with Crippen LogP contribution in [0.25, 0.3) is 0 Å². The Morgan fingerprint density at radius 1 is 1.30 bits per heavy atom. The molecule has 104 valence electrons. The normalized spacial score (nSPS) is 11.4. The van der Waals surface area contributed by atoms with Crippen LogP contribution < -0.4 is 10.6 Å². The van der Waals surface area contributed by atoms with Gasteiger partial charge in [-0.15, -0.1) is 0 Å². The van der Waals surface area contributed by atoms with E-state index in [-0.39, 0.29) is 5.84 Å². The van der Waals surface area contributed by atoms with Crippen LogP contribution in [0.4, 0.5) is 5.82 Å². The van der Waals surface area contributed by atoms with Crippen molar-refractivity contribution in [1.29, 1.82) is 0 Å². The molecule has 0 radical (unpaired) electrons. The fourth-order valence-corrected chi connectivity index (χ4v) is 2.13. The van der Waals surface area contributed by atoms with E-state index in [2.05, 4.69) is 22.3 Å². The van der Waals surface area contributed by atoms with Gasteiger partial charge in [0, 0.05) is 19.8 Å². The average Bonchev–Trinajstić information content (AvgIpc) is 2.47. The second kappa shape index (κ2) is 6.06. The zero-order chi connectivity index (χ0) is 14.5. The first-order valence-electron chi connectivity index (χ1n) is 6.32. The summed E-state index contributed by atoms with van der Waals surface area (Å²) in [4.78, 5) is 6.34. The number of anilines is 1. The van der Waals surface area contributed by atoms with Gasteiger partial charge in [-0.1, -0.05) is 35.5 Å². The summed E-state index contributed by atoms with van der Waals surface area (Å²) >= 11 is 0. The number of oxime groups is 1. The van der Waals surface area contributed by atoms with Gasteiger partial charge in [0.15, 0.2) is 5.84 Å². The van der Waals surface area contributed by atoms with Crippen molar-refractivity contribution in [3.63, 3.8) is 0 Å². The smallest absolute Gasteiger partial charge is 0.174 e. The second-order valence-corrected chi connectivity index (χ2v) is 4.65. The molecule has 0 saturated carbocycles. The maximum atomic E-state index is 8.93. The van der Waals surface area contributed by atoms with Crippen LogP contribution in [0.3, 0.4) is 0 Å². The highest BCUT2D eigenvalue weighted by Gasteiger charge is 2.15. The Hall–Kier alpha value is -2.56. The Labute approximate surface area is 118 Å². The molecule has 5 heteroatoms. The number of nitrogens with zero attached hydrogens (tertiary/aromatic N) is 3. The third-order valence-electron chi connectivity index (χ3n) is 3.13. The summed E-state index contributed by atoms with van der Waals surface area (Å²) in [6, 6.07) is 11.9. The first kappa shape index (κ1) is 13.9. The standard InChI is InChI=1S/C15H18N4O/c1-11-8-9-17-15(13(11)14(16)18-20)19(2)10-12-6-4-3-5-7-12/h3-9,20H,10H2,1-2H3,(H2,16,18). The Balaban J connectivity index is 2.35. The van der Waals surface area contributed by atoms with E-state index in [1.807, 2.05) is 43.1 Å². The molecule has 2 rings (SSSR count). The molecule has 5 nitrogen and oxygen atoms in total. The van der Waals surface area contributed by atoms with Crippen LogP contribution in [0.15, 0.2) is 47.8 Å². The van der Waals surface area contributed by atoms with Crippen molar-refractivity contribution in [3.05, 3.63) is 59.3 Å². The van der Waals surface area contributed by atoms with Crippen LogP contribution in [0.2, 0.25) is 0 Å². The van der Waals surface area contributed by atoms with Crippen molar-refractivity contribution >= 4 is 11.7 Å². The highest BCUT2D eigenvalue weighted by atomic mass is 16.4. The van der Waals surface area contributed by atoms with Crippen LogP contribution in [-0.2, 0) is 6.54 Å². The molecule has 0 bridgehead atoms. The van der Waals surface area contributed by atoms with Gasteiger partial charge in [-0.3, -0.25) is 0 Å². The topological polar surface area (TPSA) is 74.7 Å². The summed E-state index contributed by atoms with van der Waals surface area (Å²) in [6.07, 6.45) is 1.72. The molecule has 0 aliphatic carbocycles. The molecule has 1 aromatic carbocycles. The lowest BCUT2D eigenvalue weighted by molar-refractivity contribution is 0.318. The monoisotopic (exact) mass is 270 g/mol. The maximum Gasteiger partial charge on any atom is 0.174 e. The minimum Gasteiger partial charge on any atom is -0.409 e. The Morgan fingerprint density at radius 2 is 2.00 bits per heavy atom. The minimum atomic E-state index is 0.0745. The molecule has 0 aliphatic rings. The van der Waals surface area contributed by atoms with Crippen molar-refractivity contribution in [1.82, 2.24) is 4.98 Å². The van der Waals surface area contributed by atoms with Crippen molar-refractivity contribution in [2.75, 3.05) is 11.9 Å². The molecule has 0 unspecified atom stereocenters. The SMILES string of the molecule is Cc1ccnc(N(C)Cc2ccccc2)c1/C(N)=N/O. The molecule has 0 atom stereocenters. The van der Waals surface area contributed by atoms with Crippen LogP contribution in [0.5, 0.6) is 0 Å². The van der Waals surface area contributed by atoms with E-state index in [0.29, 0.717) is 17.9 Å².